The SMILES string of the molecule is C[Si](C)(C)C#CC(O)C#N. The van der Waals surface area contributed by atoms with Crippen molar-refractivity contribution >= 4 is 8.07 Å². The van der Waals surface area contributed by atoms with E-state index in [4.69, 9.17) is 10.4 Å². The third-order valence-corrected chi connectivity index (χ3v) is 1.60. The molecule has 0 fully saturated rings. The fraction of sp³-hybridized carbons (Fsp3) is 0.571. The van der Waals surface area contributed by atoms with Crippen molar-refractivity contribution in [3.05, 3.63) is 0 Å². The average Bonchev–Trinajstić information content (AvgIpc) is 1.81. The van der Waals surface area contributed by atoms with Gasteiger partial charge in [0.2, 0.25) is 6.10 Å². The van der Waals surface area contributed by atoms with Gasteiger partial charge in [-0.15, -0.1) is 5.54 Å². The zero-order valence-corrected chi connectivity index (χ0v) is 7.47. The summed E-state index contributed by atoms with van der Waals surface area (Å²) in [6.07, 6.45) is -1.10. The summed E-state index contributed by atoms with van der Waals surface area (Å²) in [5.41, 5.74) is 2.89. The van der Waals surface area contributed by atoms with Crippen LogP contribution < -0.4 is 0 Å². The van der Waals surface area contributed by atoms with Crippen molar-refractivity contribution in [2.24, 2.45) is 0 Å². The molecule has 0 heterocycles. The molecule has 1 atom stereocenters. The van der Waals surface area contributed by atoms with Crippen molar-refractivity contribution < 1.29 is 5.11 Å². The predicted molar refractivity (Wildman–Crippen MR) is 42.7 cm³/mol. The van der Waals surface area contributed by atoms with E-state index in [1.165, 1.54) is 0 Å². The smallest absolute Gasteiger partial charge is 0.202 e. The molecule has 0 aliphatic carbocycles. The standard InChI is InChI=1S/C7H11NOSi/c1-10(2,3)5-4-7(9)6-8/h7,9H,1-3H3. The molecule has 0 rings (SSSR count). The van der Waals surface area contributed by atoms with Gasteiger partial charge in [-0.3, -0.25) is 0 Å². The first-order valence-electron chi connectivity index (χ1n) is 3.06. The van der Waals surface area contributed by atoms with Gasteiger partial charge in [0.05, 0.1) is 0 Å². The zero-order valence-electron chi connectivity index (χ0n) is 6.47. The Morgan fingerprint density at radius 1 is 1.40 bits per heavy atom. The lowest BCUT2D eigenvalue weighted by atomic mass is 10.4. The summed E-state index contributed by atoms with van der Waals surface area (Å²) in [5, 5.41) is 16.9. The van der Waals surface area contributed by atoms with E-state index in [9.17, 15) is 0 Å². The van der Waals surface area contributed by atoms with Crippen molar-refractivity contribution in [2.45, 2.75) is 25.7 Å². The molecule has 1 N–H and O–H groups in total. The van der Waals surface area contributed by atoms with Crippen LogP contribution in [0.2, 0.25) is 19.6 Å². The molecule has 0 aliphatic heterocycles. The van der Waals surface area contributed by atoms with Gasteiger partial charge >= 0.3 is 0 Å². The Hall–Kier alpha value is -0.773. The van der Waals surface area contributed by atoms with Gasteiger partial charge in [-0.1, -0.05) is 25.6 Å². The van der Waals surface area contributed by atoms with Gasteiger partial charge < -0.3 is 5.11 Å². The normalized spacial score (nSPS) is 12.7. The number of nitriles is 1. The summed E-state index contributed by atoms with van der Waals surface area (Å²) < 4.78 is 0. The summed E-state index contributed by atoms with van der Waals surface area (Å²) in [6, 6.07) is 1.64. The fourth-order valence-corrected chi connectivity index (χ4v) is 0.887. The van der Waals surface area contributed by atoms with Crippen LogP contribution in [0.4, 0.5) is 0 Å². The molecular formula is C7H11NOSi. The van der Waals surface area contributed by atoms with Crippen LogP contribution in [-0.2, 0) is 0 Å². The maximum absolute atomic E-state index is 8.71. The van der Waals surface area contributed by atoms with Crippen LogP contribution in [0.3, 0.4) is 0 Å². The van der Waals surface area contributed by atoms with Crippen LogP contribution in [0.15, 0.2) is 0 Å². The molecule has 0 saturated carbocycles. The Balaban J connectivity index is 4.08. The van der Waals surface area contributed by atoms with Gasteiger partial charge in [0.25, 0.3) is 0 Å². The number of aliphatic hydroxyl groups excluding tert-OH is 1. The quantitative estimate of drug-likeness (QED) is 0.317. The lowest BCUT2D eigenvalue weighted by molar-refractivity contribution is 0.287. The molecule has 1 unspecified atom stereocenters. The molecule has 0 aromatic rings. The summed E-state index contributed by atoms with van der Waals surface area (Å²) in [6.45, 7) is 6.18. The highest BCUT2D eigenvalue weighted by Crippen LogP contribution is 1.96. The maximum atomic E-state index is 8.71. The second kappa shape index (κ2) is 3.41. The maximum Gasteiger partial charge on any atom is 0.202 e. The monoisotopic (exact) mass is 153 g/mol. The minimum Gasteiger partial charge on any atom is -0.368 e. The highest BCUT2D eigenvalue weighted by atomic mass is 28.3. The predicted octanol–water partition coefficient (Wildman–Crippen LogP) is 0.752. The number of rotatable bonds is 0. The Kier molecular flexibility index (Phi) is 3.15. The Bertz CT molecular complexity index is 200. The van der Waals surface area contributed by atoms with Crippen molar-refractivity contribution in [3.63, 3.8) is 0 Å². The number of hydrogen-bond acceptors (Lipinski definition) is 2. The van der Waals surface area contributed by atoms with E-state index in [0.717, 1.165) is 0 Å². The molecule has 0 aromatic heterocycles. The van der Waals surface area contributed by atoms with Gasteiger partial charge in [0.15, 0.2) is 0 Å². The highest BCUT2D eigenvalue weighted by molar-refractivity contribution is 6.83. The Morgan fingerprint density at radius 2 is 1.90 bits per heavy atom. The molecule has 3 heteroatoms. The second-order valence-corrected chi connectivity index (χ2v) is 7.80. The van der Waals surface area contributed by atoms with Crippen molar-refractivity contribution in [1.29, 1.82) is 5.26 Å². The molecule has 0 aliphatic rings. The molecule has 54 valence electrons. The van der Waals surface area contributed by atoms with E-state index >= 15 is 0 Å². The highest BCUT2D eigenvalue weighted by Gasteiger charge is 2.07. The Labute approximate surface area is 62.5 Å². The first kappa shape index (κ1) is 9.23. The van der Waals surface area contributed by atoms with Gasteiger partial charge in [-0.25, -0.2) is 0 Å². The second-order valence-electron chi connectivity index (χ2n) is 3.05. The van der Waals surface area contributed by atoms with Crippen molar-refractivity contribution in [2.75, 3.05) is 0 Å². The average molecular weight is 153 g/mol. The minimum atomic E-state index is -1.41. The first-order chi connectivity index (χ1) is 4.45. The summed E-state index contributed by atoms with van der Waals surface area (Å²) in [7, 11) is -1.41. The Morgan fingerprint density at radius 3 is 2.20 bits per heavy atom. The van der Waals surface area contributed by atoms with Crippen molar-refractivity contribution in [1.82, 2.24) is 0 Å². The van der Waals surface area contributed by atoms with E-state index in [1.807, 2.05) is 0 Å². The summed E-state index contributed by atoms with van der Waals surface area (Å²) in [5.74, 6) is 2.48. The summed E-state index contributed by atoms with van der Waals surface area (Å²) >= 11 is 0. The molecule has 0 spiro atoms. The van der Waals surface area contributed by atoms with Crippen LogP contribution in [0, 0.1) is 22.8 Å². The van der Waals surface area contributed by atoms with Crippen LogP contribution in [0.5, 0.6) is 0 Å². The van der Waals surface area contributed by atoms with E-state index in [-0.39, 0.29) is 0 Å². The van der Waals surface area contributed by atoms with Crippen LogP contribution in [0.1, 0.15) is 0 Å². The molecule has 0 amide bonds. The number of nitrogens with zero attached hydrogens (tertiary/aromatic N) is 1. The van der Waals surface area contributed by atoms with Crippen LogP contribution in [0.25, 0.3) is 0 Å². The van der Waals surface area contributed by atoms with Gasteiger partial charge in [0, 0.05) is 0 Å². The largest absolute Gasteiger partial charge is 0.368 e. The molecule has 0 aromatic carbocycles. The van der Waals surface area contributed by atoms with E-state index in [1.54, 1.807) is 6.07 Å². The summed E-state index contributed by atoms with van der Waals surface area (Å²) in [4.78, 5) is 0. The zero-order chi connectivity index (χ0) is 8.20. The topological polar surface area (TPSA) is 44.0 Å². The molecule has 0 bridgehead atoms. The molecule has 0 radical (unpaired) electrons. The number of aliphatic hydroxyl groups is 1. The van der Waals surface area contributed by atoms with E-state index < -0.39 is 14.2 Å². The van der Waals surface area contributed by atoms with E-state index in [0.29, 0.717) is 0 Å². The lowest BCUT2D eigenvalue weighted by Crippen LogP contribution is -2.17. The van der Waals surface area contributed by atoms with Gasteiger partial charge in [-0.05, 0) is 0 Å². The lowest BCUT2D eigenvalue weighted by Gasteiger charge is -2.03. The van der Waals surface area contributed by atoms with Gasteiger partial charge in [0.1, 0.15) is 14.1 Å². The minimum absolute atomic E-state index is 1.10. The number of hydrogen-bond donors (Lipinski definition) is 1. The van der Waals surface area contributed by atoms with E-state index in [2.05, 4.69) is 31.1 Å². The fourth-order valence-electron chi connectivity index (χ4n) is 0.317. The van der Waals surface area contributed by atoms with Crippen LogP contribution >= 0.6 is 0 Å². The first-order valence-corrected chi connectivity index (χ1v) is 6.56. The third-order valence-electron chi connectivity index (χ3n) is 0.706. The van der Waals surface area contributed by atoms with Crippen LogP contribution in [-0.4, -0.2) is 19.3 Å². The molecule has 0 saturated heterocycles. The molecule has 10 heavy (non-hydrogen) atoms. The van der Waals surface area contributed by atoms with Gasteiger partial charge in [-0.2, -0.15) is 5.26 Å². The molecular weight excluding hydrogens is 142 g/mol. The third kappa shape index (κ3) is 5.37. The van der Waals surface area contributed by atoms with Crippen molar-refractivity contribution in [3.8, 4) is 17.5 Å². The molecule has 2 nitrogen and oxygen atoms in total.